The van der Waals surface area contributed by atoms with Crippen LogP contribution in [0.3, 0.4) is 0 Å². The minimum Gasteiger partial charge on any atom is -0.454 e. The van der Waals surface area contributed by atoms with Gasteiger partial charge in [-0.25, -0.2) is 4.79 Å². The van der Waals surface area contributed by atoms with Gasteiger partial charge in [-0.2, -0.15) is 0 Å². The molecule has 3 aromatic rings. The Bertz CT molecular complexity index is 1110. The van der Waals surface area contributed by atoms with Gasteiger partial charge in [-0.1, -0.05) is 67.9 Å². The third-order valence-electron chi connectivity index (χ3n) is 4.70. The number of benzene rings is 3. The van der Waals surface area contributed by atoms with E-state index < -0.39 is 30.4 Å². The molecule has 0 saturated heterocycles. The van der Waals surface area contributed by atoms with E-state index in [-0.39, 0.29) is 16.5 Å². The van der Waals surface area contributed by atoms with Crippen molar-refractivity contribution in [3.8, 4) is 0 Å². The molecule has 1 atom stereocenters. The Labute approximate surface area is 185 Å². The Morgan fingerprint density at radius 1 is 0.935 bits per heavy atom. The number of ether oxygens (including phenoxy) is 1. The average Bonchev–Trinajstić information content (AvgIpc) is 2.75. The van der Waals surface area contributed by atoms with Gasteiger partial charge in [0.15, 0.2) is 6.61 Å². The zero-order valence-corrected chi connectivity index (χ0v) is 18.0. The van der Waals surface area contributed by atoms with Gasteiger partial charge >= 0.3 is 5.97 Å². The van der Waals surface area contributed by atoms with E-state index in [9.17, 15) is 14.4 Å². The molecule has 0 bridgehead atoms. The second-order valence-corrected chi connectivity index (χ2v) is 7.80. The van der Waals surface area contributed by atoms with Crippen molar-refractivity contribution in [3.63, 3.8) is 0 Å². The molecule has 0 aliphatic carbocycles. The minimum absolute atomic E-state index is 0.248. The van der Waals surface area contributed by atoms with E-state index in [1.54, 1.807) is 44.2 Å². The molecule has 2 amide bonds. The van der Waals surface area contributed by atoms with Gasteiger partial charge in [-0.05, 0) is 41.0 Å². The maximum Gasteiger partial charge on any atom is 0.329 e. The molecule has 6 nitrogen and oxygen atoms in total. The van der Waals surface area contributed by atoms with Gasteiger partial charge in [-0.15, -0.1) is 0 Å². The summed E-state index contributed by atoms with van der Waals surface area (Å²) in [7, 11) is 0. The molecule has 0 heterocycles. The van der Waals surface area contributed by atoms with Crippen molar-refractivity contribution in [2.45, 2.75) is 19.9 Å². The molecule has 0 saturated carbocycles. The summed E-state index contributed by atoms with van der Waals surface area (Å²) in [6.45, 7) is 3.08. The number of amides is 2. The fourth-order valence-corrected chi connectivity index (χ4v) is 3.27. The minimum atomic E-state index is -0.919. The van der Waals surface area contributed by atoms with Gasteiger partial charge in [0.1, 0.15) is 6.04 Å². The number of carbonyl (C=O) groups excluding carboxylic acids is 3. The molecule has 0 spiro atoms. The molecule has 0 fully saturated rings. The second kappa shape index (κ2) is 10.1. The van der Waals surface area contributed by atoms with Crippen molar-refractivity contribution in [1.29, 1.82) is 0 Å². The van der Waals surface area contributed by atoms with Crippen LogP contribution in [0.25, 0.3) is 10.8 Å². The largest absolute Gasteiger partial charge is 0.454 e. The smallest absolute Gasteiger partial charge is 0.329 e. The Kier molecular flexibility index (Phi) is 7.26. The van der Waals surface area contributed by atoms with Crippen LogP contribution in [0, 0.1) is 5.92 Å². The molecule has 0 radical (unpaired) electrons. The van der Waals surface area contributed by atoms with E-state index in [1.165, 1.54) is 0 Å². The zero-order valence-electron chi connectivity index (χ0n) is 17.2. The Morgan fingerprint density at radius 2 is 1.61 bits per heavy atom. The first-order chi connectivity index (χ1) is 14.8. The summed E-state index contributed by atoms with van der Waals surface area (Å²) in [4.78, 5) is 37.2. The molecule has 0 aliphatic heterocycles. The summed E-state index contributed by atoms with van der Waals surface area (Å²) in [6.07, 6.45) is 0. The van der Waals surface area contributed by atoms with Gasteiger partial charge in [0, 0.05) is 5.69 Å². The number of halogens is 1. The lowest BCUT2D eigenvalue weighted by Crippen LogP contribution is -2.46. The number of esters is 1. The molecule has 0 unspecified atom stereocenters. The van der Waals surface area contributed by atoms with E-state index in [1.807, 2.05) is 36.4 Å². The number of fused-ring (bicyclic) bond motifs is 1. The lowest BCUT2D eigenvalue weighted by Gasteiger charge is -2.21. The van der Waals surface area contributed by atoms with Crippen LogP contribution in [0.5, 0.6) is 0 Å². The van der Waals surface area contributed by atoms with Crippen molar-refractivity contribution in [2.24, 2.45) is 5.92 Å². The fourth-order valence-electron chi connectivity index (χ4n) is 3.05. The normalized spacial score (nSPS) is 11.7. The predicted molar refractivity (Wildman–Crippen MR) is 121 cm³/mol. The van der Waals surface area contributed by atoms with Crippen molar-refractivity contribution in [3.05, 3.63) is 77.3 Å². The highest BCUT2D eigenvalue weighted by atomic mass is 35.5. The van der Waals surface area contributed by atoms with E-state index in [0.717, 1.165) is 10.8 Å². The SMILES string of the molecule is CC(C)[C@H](NC(=O)c1ccccc1Cl)C(=O)OCC(=O)Nc1ccc2ccccc2c1. The van der Waals surface area contributed by atoms with Gasteiger partial charge in [0.25, 0.3) is 11.8 Å². The van der Waals surface area contributed by atoms with Gasteiger partial charge in [-0.3, -0.25) is 9.59 Å². The van der Waals surface area contributed by atoms with Crippen molar-refractivity contribution >= 4 is 45.8 Å². The van der Waals surface area contributed by atoms with Crippen LogP contribution in [0.4, 0.5) is 5.69 Å². The van der Waals surface area contributed by atoms with Crippen molar-refractivity contribution in [1.82, 2.24) is 5.32 Å². The van der Waals surface area contributed by atoms with Gasteiger partial charge in [0.05, 0.1) is 10.6 Å². The third-order valence-corrected chi connectivity index (χ3v) is 5.03. The predicted octanol–water partition coefficient (Wildman–Crippen LogP) is 4.43. The standard InChI is InChI=1S/C24H23ClN2O4/c1-15(2)22(27-23(29)19-9-5-6-10-20(19)25)24(30)31-14-21(28)26-18-12-11-16-7-3-4-8-17(16)13-18/h3-13,15,22H,14H2,1-2H3,(H,26,28)(H,27,29)/t22-/m0/s1. The number of nitrogens with one attached hydrogen (secondary N) is 2. The first kappa shape index (κ1) is 22.3. The van der Waals surface area contributed by atoms with Crippen LogP contribution < -0.4 is 10.6 Å². The van der Waals surface area contributed by atoms with E-state index >= 15 is 0 Å². The summed E-state index contributed by atoms with van der Waals surface area (Å²) in [5.74, 6) is -1.89. The monoisotopic (exact) mass is 438 g/mol. The number of carbonyl (C=O) groups is 3. The van der Waals surface area contributed by atoms with E-state index in [4.69, 9.17) is 16.3 Å². The van der Waals surface area contributed by atoms with Crippen LogP contribution in [0.1, 0.15) is 24.2 Å². The molecular formula is C24H23ClN2O4. The molecule has 31 heavy (non-hydrogen) atoms. The molecule has 0 aromatic heterocycles. The van der Waals surface area contributed by atoms with Crippen LogP contribution in [0.15, 0.2) is 66.7 Å². The van der Waals surface area contributed by atoms with Gasteiger partial charge < -0.3 is 15.4 Å². The van der Waals surface area contributed by atoms with Crippen LogP contribution in [-0.4, -0.2) is 30.4 Å². The molecular weight excluding hydrogens is 416 g/mol. The maximum absolute atomic E-state index is 12.5. The van der Waals surface area contributed by atoms with E-state index in [2.05, 4.69) is 10.6 Å². The molecule has 160 valence electrons. The molecule has 0 aliphatic rings. The summed E-state index contributed by atoms with van der Waals surface area (Å²) in [5, 5.41) is 7.67. The van der Waals surface area contributed by atoms with Crippen molar-refractivity contribution in [2.75, 3.05) is 11.9 Å². The third kappa shape index (κ3) is 5.83. The van der Waals surface area contributed by atoms with Gasteiger partial charge in [0.2, 0.25) is 0 Å². The maximum atomic E-state index is 12.5. The highest BCUT2D eigenvalue weighted by Gasteiger charge is 2.27. The summed E-state index contributed by atoms with van der Waals surface area (Å²) in [5.41, 5.74) is 0.865. The first-order valence-electron chi connectivity index (χ1n) is 9.86. The number of hydrogen-bond donors (Lipinski definition) is 2. The number of anilines is 1. The summed E-state index contributed by atoms with van der Waals surface area (Å²) in [6, 6.07) is 18.9. The first-order valence-corrected chi connectivity index (χ1v) is 10.2. The molecule has 2 N–H and O–H groups in total. The zero-order chi connectivity index (χ0) is 22.4. The number of rotatable bonds is 7. The highest BCUT2D eigenvalue weighted by Crippen LogP contribution is 2.19. The molecule has 7 heteroatoms. The Balaban J connectivity index is 1.58. The van der Waals surface area contributed by atoms with Crippen LogP contribution in [0.2, 0.25) is 5.02 Å². The van der Waals surface area contributed by atoms with Crippen molar-refractivity contribution < 1.29 is 19.1 Å². The Hall–Kier alpha value is -3.38. The van der Waals surface area contributed by atoms with Crippen LogP contribution >= 0.6 is 11.6 Å². The topological polar surface area (TPSA) is 84.5 Å². The summed E-state index contributed by atoms with van der Waals surface area (Å²) < 4.78 is 5.16. The molecule has 3 aromatic carbocycles. The average molecular weight is 439 g/mol. The fraction of sp³-hybridized carbons (Fsp3) is 0.208. The molecule has 3 rings (SSSR count). The second-order valence-electron chi connectivity index (χ2n) is 7.39. The lowest BCUT2D eigenvalue weighted by molar-refractivity contribution is -0.150. The Morgan fingerprint density at radius 3 is 2.32 bits per heavy atom. The lowest BCUT2D eigenvalue weighted by atomic mass is 10.0. The van der Waals surface area contributed by atoms with Crippen LogP contribution in [-0.2, 0) is 14.3 Å². The van der Waals surface area contributed by atoms with E-state index in [0.29, 0.717) is 5.69 Å². The quantitative estimate of drug-likeness (QED) is 0.534. The highest BCUT2D eigenvalue weighted by molar-refractivity contribution is 6.33. The number of hydrogen-bond acceptors (Lipinski definition) is 4. The summed E-state index contributed by atoms with van der Waals surface area (Å²) >= 11 is 6.05.